The number of hydrogen-bond donors (Lipinski definition) is 2. The maximum Gasteiger partial charge on any atom is 0.0761 e. The zero-order valence-corrected chi connectivity index (χ0v) is 9.30. The van der Waals surface area contributed by atoms with Crippen LogP contribution in [0.5, 0.6) is 0 Å². The molecule has 0 heterocycles. The van der Waals surface area contributed by atoms with E-state index in [2.05, 4.69) is 27.7 Å². The first-order valence-corrected chi connectivity index (χ1v) is 5.33. The third-order valence-electron chi connectivity index (χ3n) is 3.85. The van der Waals surface area contributed by atoms with E-state index in [1.54, 1.807) is 0 Å². The molecule has 1 saturated carbocycles. The summed E-state index contributed by atoms with van der Waals surface area (Å²) >= 11 is 0. The largest absolute Gasteiger partial charge is 0.389 e. The van der Waals surface area contributed by atoms with Gasteiger partial charge in [-0.05, 0) is 24.7 Å². The van der Waals surface area contributed by atoms with E-state index in [1.165, 1.54) is 0 Å². The molecule has 1 fully saturated rings. The van der Waals surface area contributed by atoms with Crippen molar-refractivity contribution in [3.8, 4) is 0 Å². The Kier molecular flexibility index (Phi) is 2.75. The molecular formula is C11H23NO. The van der Waals surface area contributed by atoms with E-state index in [4.69, 9.17) is 5.73 Å². The minimum absolute atomic E-state index is 0.0231. The van der Waals surface area contributed by atoms with Crippen LogP contribution < -0.4 is 5.73 Å². The Hall–Kier alpha value is -0.0800. The fraction of sp³-hybridized carbons (Fsp3) is 1.00. The monoisotopic (exact) mass is 185 g/mol. The van der Waals surface area contributed by atoms with Gasteiger partial charge >= 0.3 is 0 Å². The highest BCUT2D eigenvalue weighted by molar-refractivity contribution is 5.11. The van der Waals surface area contributed by atoms with Crippen molar-refractivity contribution >= 4 is 0 Å². The van der Waals surface area contributed by atoms with Crippen LogP contribution in [0.15, 0.2) is 0 Å². The van der Waals surface area contributed by atoms with E-state index in [-0.39, 0.29) is 5.41 Å². The normalized spacial score (nSPS) is 21.2. The van der Waals surface area contributed by atoms with E-state index in [0.29, 0.717) is 18.4 Å². The van der Waals surface area contributed by atoms with E-state index >= 15 is 0 Å². The van der Waals surface area contributed by atoms with Gasteiger partial charge in [-0.15, -0.1) is 0 Å². The molecule has 0 aromatic heterocycles. The quantitative estimate of drug-likeness (QED) is 0.701. The summed E-state index contributed by atoms with van der Waals surface area (Å²) in [5.41, 5.74) is 5.23. The molecule has 0 amide bonds. The maximum absolute atomic E-state index is 10.7. The highest BCUT2D eigenvalue weighted by atomic mass is 16.3. The van der Waals surface area contributed by atoms with Crippen LogP contribution in [0.3, 0.4) is 0 Å². The molecule has 0 radical (unpaired) electrons. The molecule has 78 valence electrons. The zero-order chi connectivity index (χ0) is 10.3. The maximum atomic E-state index is 10.7. The third kappa shape index (κ3) is 1.40. The molecule has 0 spiro atoms. The van der Waals surface area contributed by atoms with Gasteiger partial charge in [-0.3, -0.25) is 0 Å². The minimum atomic E-state index is -0.568. The van der Waals surface area contributed by atoms with Crippen LogP contribution in [0.4, 0.5) is 0 Å². The first-order valence-electron chi connectivity index (χ1n) is 5.33. The smallest absolute Gasteiger partial charge is 0.0761 e. The van der Waals surface area contributed by atoms with Crippen molar-refractivity contribution in [3.63, 3.8) is 0 Å². The number of rotatable bonds is 4. The standard InChI is InChI=1S/C11H23NO/c1-8(2)11(13,9(3)4)10(7-12)5-6-10/h8-9,13H,5-7,12H2,1-4H3. The van der Waals surface area contributed by atoms with Gasteiger partial charge in [-0.25, -0.2) is 0 Å². The van der Waals surface area contributed by atoms with Gasteiger partial charge in [0.05, 0.1) is 5.60 Å². The van der Waals surface area contributed by atoms with Crippen molar-refractivity contribution in [1.82, 2.24) is 0 Å². The van der Waals surface area contributed by atoms with Crippen molar-refractivity contribution in [2.24, 2.45) is 23.0 Å². The van der Waals surface area contributed by atoms with Crippen LogP contribution in [0.25, 0.3) is 0 Å². The lowest BCUT2D eigenvalue weighted by atomic mass is 9.69. The van der Waals surface area contributed by atoms with E-state index < -0.39 is 5.60 Å². The second-order valence-electron chi connectivity index (χ2n) is 5.12. The molecule has 1 aliphatic carbocycles. The lowest BCUT2D eigenvalue weighted by Gasteiger charge is -2.43. The number of hydrogen-bond acceptors (Lipinski definition) is 2. The highest BCUT2D eigenvalue weighted by Gasteiger charge is 2.60. The summed E-state index contributed by atoms with van der Waals surface area (Å²) in [7, 11) is 0. The highest BCUT2D eigenvalue weighted by Crippen LogP contribution is 2.58. The Morgan fingerprint density at radius 2 is 1.62 bits per heavy atom. The van der Waals surface area contributed by atoms with Gasteiger partial charge in [0.25, 0.3) is 0 Å². The van der Waals surface area contributed by atoms with Crippen LogP contribution in [0.2, 0.25) is 0 Å². The molecule has 0 aromatic carbocycles. The molecule has 1 rings (SSSR count). The van der Waals surface area contributed by atoms with Gasteiger partial charge < -0.3 is 10.8 Å². The second kappa shape index (κ2) is 3.25. The molecule has 0 saturated heterocycles. The summed E-state index contributed by atoms with van der Waals surface area (Å²) in [6.45, 7) is 9.00. The van der Waals surface area contributed by atoms with Crippen molar-refractivity contribution in [3.05, 3.63) is 0 Å². The summed E-state index contributed by atoms with van der Waals surface area (Å²) in [5, 5.41) is 10.7. The van der Waals surface area contributed by atoms with Crippen LogP contribution in [-0.4, -0.2) is 17.3 Å². The summed E-state index contributed by atoms with van der Waals surface area (Å²) in [4.78, 5) is 0. The summed E-state index contributed by atoms with van der Waals surface area (Å²) in [6, 6.07) is 0. The average Bonchev–Trinajstić information content (AvgIpc) is 2.82. The summed E-state index contributed by atoms with van der Waals surface area (Å²) in [6.07, 6.45) is 2.19. The fourth-order valence-electron chi connectivity index (χ4n) is 2.81. The number of aliphatic hydroxyl groups is 1. The third-order valence-corrected chi connectivity index (χ3v) is 3.85. The molecule has 2 nitrogen and oxygen atoms in total. The molecule has 0 atom stereocenters. The van der Waals surface area contributed by atoms with Gasteiger partial charge in [0.2, 0.25) is 0 Å². The average molecular weight is 185 g/mol. The molecule has 1 aliphatic rings. The molecule has 13 heavy (non-hydrogen) atoms. The van der Waals surface area contributed by atoms with Crippen LogP contribution >= 0.6 is 0 Å². The Morgan fingerprint density at radius 1 is 1.23 bits per heavy atom. The lowest BCUT2D eigenvalue weighted by Crippen LogP contribution is -2.52. The van der Waals surface area contributed by atoms with Crippen molar-refractivity contribution in [1.29, 1.82) is 0 Å². The molecule has 3 N–H and O–H groups in total. The number of nitrogens with two attached hydrogens (primary N) is 1. The van der Waals surface area contributed by atoms with Crippen molar-refractivity contribution in [2.75, 3.05) is 6.54 Å². The van der Waals surface area contributed by atoms with Gasteiger partial charge in [0.1, 0.15) is 0 Å². The van der Waals surface area contributed by atoms with Crippen LogP contribution in [0, 0.1) is 17.3 Å². The molecular weight excluding hydrogens is 162 g/mol. The molecule has 0 unspecified atom stereocenters. The van der Waals surface area contributed by atoms with Crippen LogP contribution in [-0.2, 0) is 0 Å². The summed E-state index contributed by atoms with van der Waals surface area (Å²) < 4.78 is 0. The first-order chi connectivity index (χ1) is 5.90. The van der Waals surface area contributed by atoms with Crippen molar-refractivity contribution < 1.29 is 5.11 Å². The summed E-state index contributed by atoms with van der Waals surface area (Å²) in [5.74, 6) is 0.581. The molecule has 0 bridgehead atoms. The Bertz CT molecular complexity index is 175. The van der Waals surface area contributed by atoms with Crippen LogP contribution in [0.1, 0.15) is 40.5 Å². The topological polar surface area (TPSA) is 46.2 Å². The lowest BCUT2D eigenvalue weighted by molar-refractivity contribution is -0.105. The predicted octanol–water partition coefficient (Wildman–Crippen LogP) is 1.77. The van der Waals surface area contributed by atoms with Crippen molar-refractivity contribution in [2.45, 2.75) is 46.1 Å². The SMILES string of the molecule is CC(C)C(O)(C(C)C)C1(CN)CC1. The second-order valence-corrected chi connectivity index (χ2v) is 5.12. The van der Waals surface area contributed by atoms with Gasteiger partial charge in [-0.1, -0.05) is 27.7 Å². The zero-order valence-electron chi connectivity index (χ0n) is 9.30. The Morgan fingerprint density at radius 3 is 1.69 bits per heavy atom. The van der Waals surface area contributed by atoms with E-state index in [0.717, 1.165) is 12.8 Å². The Labute approximate surface area is 81.5 Å². The fourth-order valence-corrected chi connectivity index (χ4v) is 2.81. The Balaban J connectivity index is 2.91. The first kappa shape index (κ1) is 11.0. The van der Waals surface area contributed by atoms with Gasteiger partial charge in [0, 0.05) is 12.0 Å². The van der Waals surface area contributed by atoms with E-state index in [9.17, 15) is 5.11 Å². The molecule has 0 aliphatic heterocycles. The molecule has 2 heteroatoms. The van der Waals surface area contributed by atoms with E-state index in [1.807, 2.05) is 0 Å². The molecule has 0 aromatic rings. The predicted molar refractivity (Wildman–Crippen MR) is 55.3 cm³/mol. The van der Waals surface area contributed by atoms with Gasteiger partial charge in [0.15, 0.2) is 0 Å². The van der Waals surface area contributed by atoms with Gasteiger partial charge in [-0.2, -0.15) is 0 Å². The minimum Gasteiger partial charge on any atom is -0.389 e.